The van der Waals surface area contributed by atoms with E-state index in [0.29, 0.717) is 18.1 Å². The van der Waals surface area contributed by atoms with Crippen LogP contribution < -0.4 is 10.1 Å². The molecule has 3 heterocycles. The van der Waals surface area contributed by atoms with Gasteiger partial charge in [-0.2, -0.15) is 0 Å². The summed E-state index contributed by atoms with van der Waals surface area (Å²) in [6, 6.07) is 5.72. The highest BCUT2D eigenvalue weighted by molar-refractivity contribution is 6.30. The van der Waals surface area contributed by atoms with E-state index in [1.165, 1.54) is 0 Å². The van der Waals surface area contributed by atoms with Crippen molar-refractivity contribution in [2.24, 2.45) is 5.92 Å². The first-order valence-electron chi connectivity index (χ1n) is 7.90. The fourth-order valence-electron chi connectivity index (χ4n) is 3.33. The molecule has 1 amide bonds. The van der Waals surface area contributed by atoms with E-state index in [0.717, 1.165) is 36.5 Å². The van der Waals surface area contributed by atoms with E-state index in [1.54, 1.807) is 0 Å². The van der Waals surface area contributed by atoms with Gasteiger partial charge in [0.2, 0.25) is 5.91 Å². The first kappa shape index (κ1) is 14.6. The van der Waals surface area contributed by atoms with E-state index < -0.39 is 0 Å². The fraction of sp³-hybridized carbons (Fsp3) is 0.412. The Labute approximate surface area is 139 Å². The van der Waals surface area contributed by atoms with Gasteiger partial charge in [-0.05, 0) is 36.6 Å². The topological polar surface area (TPSA) is 56.2 Å². The Kier molecular flexibility index (Phi) is 3.73. The average Bonchev–Trinajstić information content (AvgIpc) is 3.01. The standard InChI is InChI=1S/C17H18ClN3O2/c18-13-1-3-15-11(8-13)7-12(10-23-15)17(22)20-14-2-4-16-19-5-6-21(16)9-14/h1,3,5-6,8,12,14H,2,4,7,9-10H2,(H,20,22)/t12-,14+/m1/s1. The van der Waals surface area contributed by atoms with Gasteiger partial charge < -0.3 is 14.6 Å². The van der Waals surface area contributed by atoms with Crippen molar-refractivity contribution in [1.29, 1.82) is 0 Å². The average molecular weight is 332 g/mol. The number of amides is 1. The normalized spacial score (nSPS) is 22.7. The maximum Gasteiger partial charge on any atom is 0.227 e. The lowest BCUT2D eigenvalue weighted by atomic mass is 9.95. The van der Waals surface area contributed by atoms with Crippen LogP contribution in [0.3, 0.4) is 0 Å². The molecule has 23 heavy (non-hydrogen) atoms. The Morgan fingerprint density at radius 2 is 2.35 bits per heavy atom. The van der Waals surface area contributed by atoms with Crippen molar-refractivity contribution in [2.75, 3.05) is 6.61 Å². The van der Waals surface area contributed by atoms with Crippen molar-refractivity contribution in [3.63, 3.8) is 0 Å². The van der Waals surface area contributed by atoms with Crippen LogP contribution in [0.25, 0.3) is 0 Å². The molecule has 6 heteroatoms. The first-order chi connectivity index (χ1) is 11.2. The maximum absolute atomic E-state index is 12.6. The van der Waals surface area contributed by atoms with Gasteiger partial charge in [-0.25, -0.2) is 4.98 Å². The number of rotatable bonds is 2. The van der Waals surface area contributed by atoms with Crippen molar-refractivity contribution >= 4 is 17.5 Å². The summed E-state index contributed by atoms with van der Waals surface area (Å²) in [5, 5.41) is 3.84. The Morgan fingerprint density at radius 1 is 1.43 bits per heavy atom. The number of aromatic nitrogens is 2. The number of nitrogens with one attached hydrogen (secondary N) is 1. The molecule has 0 aliphatic carbocycles. The number of hydrogen-bond acceptors (Lipinski definition) is 3. The second-order valence-electron chi connectivity index (χ2n) is 6.20. The fourth-order valence-corrected chi connectivity index (χ4v) is 3.53. The zero-order valence-electron chi connectivity index (χ0n) is 12.7. The number of benzene rings is 1. The van der Waals surface area contributed by atoms with Crippen molar-refractivity contribution in [3.8, 4) is 5.75 Å². The number of aryl methyl sites for hydroxylation is 1. The van der Waals surface area contributed by atoms with Crippen LogP contribution in [0, 0.1) is 5.92 Å². The number of ether oxygens (including phenoxy) is 1. The Morgan fingerprint density at radius 3 is 3.26 bits per heavy atom. The molecule has 2 atom stereocenters. The van der Waals surface area contributed by atoms with E-state index in [1.807, 2.05) is 30.6 Å². The number of halogens is 1. The largest absolute Gasteiger partial charge is 0.492 e. The van der Waals surface area contributed by atoms with Gasteiger partial charge in [0.05, 0.1) is 5.92 Å². The highest BCUT2D eigenvalue weighted by atomic mass is 35.5. The van der Waals surface area contributed by atoms with Gasteiger partial charge in [-0.1, -0.05) is 11.6 Å². The van der Waals surface area contributed by atoms with Crippen LogP contribution >= 0.6 is 11.6 Å². The maximum atomic E-state index is 12.6. The SMILES string of the molecule is O=C(N[C@H]1CCc2nccn2C1)[C@H]1COc2ccc(Cl)cc2C1. The molecule has 0 saturated heterocycles. The molecular formula is C17H18ClN3O2. The molecule has 1 N–H and O–H groups in total. The summed E-state index contributed by atoms with van der Waals surface area (Å²) in [6.07, 6.45) is 6.28. The quantitative estimate of drug-likeness (QED) is 0.918. The minimum Gasteiger partial charge on any atom is -0.492 e. The molecule has 0 radical (unpaired) electrons. The molecule has 0 unspecified atom stereocenters. The Hall–Kier alpha value is -2.01. The van der Waals surface area contributed by atoms with Gasteiger partial charge in [0.15, 0.2) is 0 Å². The number of carbonyl (C=O) groups is 1. The smallest absolute Gasteiger partial charge is 0.227 e. The second kappa shape index (κ2) is 5.89. The van der Waals surface area contributed by atoms with Crippen molar-refractivity contribution < 1.29 is 9.53 Å². The Bertz CT molecular complexity index is 743. The van der Waals surface area contributed by atoms with E-state index in [9.17, 15) is 4.79 Å². The van der Waals surface area contributed by atoms with E-state index in [2.05, 4.69) is 14.9 Å². The van der Waals surface area contributed by atoms with Crippen LogP contribution in [0.15, 0.2) is 30.6 Å². The molecule has 120 valence electrons. The van der Waals surface area contributed by atoms with Crippen molar-refractivity contribution in [1.82, 2.24) is 14.9 Å². The Balaban J connectivity index is 1.41. The van der Waals surface area contributed by atoms with Crippen LogP contribution in [-0.2, 0) is 24.2 Å². The number of carbonyl (C=O) groups excluding carboxylic acids is 1. The van der Waals surface area contributed by atoms with Crippen LogP contribution in [0.5, 0.6) is 5.75 Å². The van der Waals surface area contributed by atoms with Gasteiger partial charge in [0, 0.05) is 36.4 Å². The first-order valence-corrected chi connectivity index (χ1v) is 8.28. The number of fused-ring (bicyclic) bond motifs is 2. The molecule has 2 aliphatic rings. The summed E-state index contributed by atoms with van der Waals surface area (Å²) in [4.78, 5) is 16.9. The van der Waals surface area contributed by atoms with Crippen LogP contribution in [0.4, 0.5) is 0 Å². The highest BCUT2D eigenvalue weighted by Gasteiger charge is 2.29. The lowest BCUT2D eigenvalue weighted by Gasteiger charge is -2.29. The summed E-state index contributed by atoms with van der Waals surface area (Å²) in [5.74, 6) is 1.83. The summed E-state index contributed by atoms with van der Waals surface area (Å²) in [6.45, 7) is 1.21. The van der Waals surface area contributed by atoms with Crippen LogP contribution in [0.2, 0.25) is 5.02 Å². The van der Waals surface area contributed by atoms with Crippen LogP contribution in [0.1, 0.15) is 17.8 Å². The number of hydrogen-bond donors (Lipinski definition) is 1. The summed E-state index contributed by atoms with van der Waals surface area (Å²) in [5.41, 5.74) is 1.00. The second-order valence-corrected chi connectivity index (χ2v) is 6.64. The summed E-state index contributed by atoms with van der Waals surface area (Å²) >= 11 is 6.03. The van der Waals surface area contributed by atoms with Gasteiger partial charge in [0.25, 0.3) is 0 Å². The van der Waals surface area contributed by atoms with Crippen LogP contribution in [-0.4, -0.2) is 28.1 Å². The molecule has 0 fully saturated rings. The third-order valence-corrected chi connectivity index (χ3v) is 4.82. The molecule has 0 bridgehead atoms. The summed E-state index contributed by atoms with van der Waals surface area (Å²) < 4.78 is 7.82. The third-order valence-electron chi connectivity index (χ3n) is 4.58. The van der Waals surface area contributed by atoms with E-state index in [-0.39, 0.29) is 17.9 Å². The molecule has 0 spiro atoms. The molecule has 1 aromatic heterocycles. The van der Waals surface area contributed by atoms with E-state index in [4.69, 9.17) is 16.3 Å². The molecule has 5 nitrogen and oxygen atoms in total. The monoisotopic (exact) mass is 331 g/mol. The minimum absolute atomic E-state index is 0.0594. The van der Waals surface area contributed by atoms with Gasteiger partial charge in [-0.3, -0.25) is 4.79 Å². The van der Waals surface area contributed by atoms with Gasteiger partial charge in [0.1, 0.15) is 18.2 Å². The predicted octanol–water partition coefficient (Wildman–Crippen LogP) is 2.22. The minimum atomic E-state index is -0.162. The highest BCUT2D eigenvalue weighted by Crippen LogP contribution is 2.30. The molecule has 2 aromatic rings. The zero-order chi connectivity index (χ0) is 15.8. The molecular weight excluding hydrogens is 314 g/mol. The molecule has 2 aliphatic heterocycles. The number of imidazole rings is 1. The van der Waals surface area contributed by atoms with Crippen molar-refractivity contribution in [3.05, 3.63) is 47.0 Å². The lowest BCUT2D eigenvalue weighted by molar-refractivity contribution is -0.127. The van der Waals surface area contributed by atoms with E-state index >= 15 is 0 Å². The zero-order valence-corrected chi connectivity index (χ0v) is 13.4. The van der Waals surface area contributed by atoms with Gasteiger partial charge >= 0.3 is 0 Å². The predicted molar refractivity (Wildman–Crippen MR) is 86.6 cm³/mol. The molecule has 1 aromatic carbocycles. The van der Waals surface area contributed by atoms with Gasteiger partial charge in [-0.15, -0.1) is 0 Å². The van der Waals surface area contributed by atoms with Crippen molar-refractivity contribution in [2.45, 2.75) is 31.8 Å². The third kappa shape index (κ3) is 2.93. The summed E-state index contributed by atoms with van der Waals surface area (Å²) in [7, 11) is 0. The molecule has 4 rings (SSSR count). The molecule has 0 saturated carbocycles. The number of nitrogens with zero attached hydrogens (tertiary/aromatic N) is 2. The lowest BCUT2D eigenvalue weighted by Crippen LogP contribution is -2.46.